The van der Waals surface area contributed by atoms with E-state index in [0.29, 0.717) is 27.8 Å². The van der Waals surface area contributed by atoms with Crippen molar-refractivity contribution in [2.45, 2.75) is 32.7 Å². The molecule has 0 radical (unpaired) electrons. The molecule has 1 amide bonds. The van der Waals surface area contributed by atoms with Crippen LogP contribution in [0, 0.1) is 0 Å². The van der Waals surface area contributed by atoms with E-state index in [9.17, 15) is 4.79 Å². The Kier molecular flexibility index (Phi) is 5.58. The number of anilines is 1. The Balaban J connectivity index is 1.74. The summed E-state index contributed by atoms with van der Waals surface area (Å²) >= 11 is 7.78. The third-order valence-electron chi connectivity index (χ3n) is 4.90. The quantitative estimate of drug-likeness (QED) is 0.368. The fourth-order valence-corrected chi connectivity index (χ4v) is 4.45. The van der Waals surface area contributed by atoms with Crippen molar-refractivity contribution in [1.29, 1.82) is 0 Å². The lowest BCUT2D eigenvalue weighted by atomic mass is 9.86. The molecule has 0 spiro atoms. The van der Waals surface area contributed by atoms with Gasteiger partial charge < -0.3 is 0 Å². The lowest BCUT2D eigenvalue weighted by Crippen LogP contribution is -2.30. The Labute approximate surface area is 185 Å². The Morgan fingerprint density at radius 2 is 1.83 bits per heavy atom. The molecule has 4 rings (SSSR count). The van der Waals surface area contributed by atoms with Crippen molar-refractivity contribution in [3.63, 3.8) is 0 Å². The second-order valence-electron chi connectivity index (χ2n) is 8.16. The fourth-order valence-electron chi connectivity index (χ4n) is 3.19. The molecular formula is C24H22ClN3OS. The van der Waals surface area contributed by atoms with Gasteiger partial charge in [-0.25, -0.2) is 4.98 Å². The number of carbonyl (C=O) groups excluding carboxylic acids is 1. The first kappa shape index (κ1) is 20.5. The SMILES string of the molecule is CC(C)(C)c1ccc(C(=O)N(Cc2cccnc2)c2nc3c(Cl)cccc3s2)cc1. The van der Waals surface area contributed by atoms with E-state index < -0.39 is 0 Å². The van der Waals surface area contributed by atoms with E-state index >= 15 is 0 Å². The predicted octanol–water partition coefficient (Wildman–Crippen LogP) is 6.49. The number of para-hydroxylation sites is 1. The molecule has 0 aliphatic heterocycles. The van der Waals surface area contributed by atoms with Crippen LogP contribution in [0.4, 0.5) is 5.13 Å². The van der Waals surface area contributed by atoms with Crippen LogP contribution in [0.2, 0.25) is 5.02 Å². The van der Waals surface area contributed by atoms with Crippen LogP contribution in [0.3, 0.4) is 0 Å². The van der Waals surface area contributed by atoms with E-state index in [2.05, 4.69) is 30.7 Å². The molecule has 0 atom stereocenters. The second-order valence-corrected chi connectivity index (χ2v) is 9.58. The molecule has 2 aromatic carbocycles. The van der Waals surface area contributed by atoms with Crippen molar-refractivity contribution in [3.05, 3.63) is 88.7 Å². The molecule has 0 N–H and O–H groups in total. The van der Waals surface area contributed by atoms with E-state index in [1.807, 2.05) is 54.6 Å². The molecule has 0 saturated carbocycles. The molecule has 2 aromatic heterocycles. The summed E-state index contributed by atoms with van der Waals surface area (Å²) in [6, 6.07) is 17.3. The number of pyridine rings is 1. The molecule has 4 aromatic rings. The van der Waals surface area contributed by atoms with Gasteiger partial charge in [-0.1, -0.05) is 68.0 Å². The van der Waals surface area contributed by atoms with Crippen molar-refractivity contribution >= 4 is 44.2 Å². The van der Waals surface area contributed by atoms with E-state index in [1.54, 1.807) is 17.3 Å². The van der Waals surface area contributed by atoms with Crippen LogP contribution < -0.4 is 4.90 Å². The van der Waals surface area contributed by atoms with E-state index in [4.69, 9.17) is 11.6 Å². The minimum Gasteiger partial charge on any atom is -0.279 e. The molecule has 152 valence electrons. The van der Waals surface area contributed by atoms with Crippen LogP contribution in [-0.2, 0) is 12.0 Å². The van der Waals surface area contributed by atoms with Crippen LogP contribution in [0.5, 0.6) is 0 Å². The number of fused-ring (bicyclic) bond motifs is 1. The number of rotatable bonds is 4. The predicted molar refractivity (Wildman–Crippen MR) is 125 cm³/mol. The Bertz CT molecular complexity index is 1180. The average Bonchev–Trinajstić information content (AvgIpc) is 3.17. The van der Waals surface area contributed by atoms with Gasteiger partial charge in [0.05, 0.1) is 16.3 Å². The van der Waals surface area contributed by atoms with Gasteiger partial charge in [-0.05, 0) is 46.9 Å². The van der Waals surface area contributed by atoms with E-state index in [1.165, 1.54) is 16.9 Å². The molecule has 2 heterocycles. The summed E-state index contributed by atoms with van der Waals surface area (Å²) in [5.41, 5.74) is 3.48. The monoisotopic (exact) mass is 435 g/mol. The zero-order valence-corrected chi connectivity index (χ0v) is 18.7. The number of halogens is 1. The van der Waals surface area contributed by atoms with Crippen molar-refractivity contribution in [3.8, 4) is 0 Å². The zero-order valence-electron chi connectivity index (χ0n) is 17.1. The van der Waals surface area contributed by atoms with Crippen molar-refractivity contribution in [2.75, 3.05) is 4.90 Å². The lowest BCUT2D eigenvalue weighted by molar-refractivity contribution is 0.0985. The van der Waals surface area contributed by atoms with Crippen molar-refractivity contribution < 1.29 is 4.79 Å². The van der Waals surface area contributed by atoms with Gasteiger partial charge in [0.1, 0.15) is 5.52 Å². The van der Waals surface area contributed by atoms with Gasteiger partial charge >= 0.3 is 0 Å². The van der Waals surface area contributed by atoms with Crippen LogP contribution in [0.1, 0.15) is 42.3 Å². The fraction of sp³-hybridized carbons (Fsp3) is 0.208. The Hall–Kier alpha value is -2.76. The topological polar surface area (TPSA) is 46.1 Å². The Morgan fingerprint density at radius 1 is 1.07 bits per heavy atom. The first-order chi connectivity index (χ1) is 14.3. The maximum absolute atomic E-state index is 13.5. The third kappa shape index (κ3) is 4.23. The van der Waals surface area contributed by atoms with Gasteiger partial charge in [-0.2, -0.15) is 0 Å². The first-order valence-corrected chi connectivity index (χ1v) is 10.9. The lowest BCUT2D eigenvalue weighted by Gasteiger charge is -2.22. The summed E-state index contributed by atoms with van der Waals surface area (Å²) in [6.45, 7) is 6.85. The van der Waals surface area contributed by atoms with Crippen LogP contribution in [0.25, 0.3) is 10.2 Å². The summed E-state index contributed by atoms with van der Waals surface area (Å²) in [4.78, 5) is 24.1. The number of hydrogen-bond acceptors (Lipinski definition) is 4. The van der Waals surface area contributed by atoms with Gasteiger partial charge in [0.25, 0.3) is 5.91 Å². The highest BCUT2D eigenvalue weighted by molar-refractivity contribution is 7.22. The van der Waals surface area contributed by atoms with E-state index in [0.717, 1.165) is 10.3 Å². The zero-order chi connectivity index (χ0) is 21.3. The number of aromatic nitrogens is 2. The van der Waals surface area contributed by atoms with Gasteiger partial charge in [0.2, 0.25) is 0 Å². The molecule has 0 saturated heterocycles. The average molecular weight is 436 g/mol. The number of hydrogen-bond donors (Lipinski definition) is 0. The number of amides is 1. The number of benzene rings is 2. The van der Waals surface area contributed by atoms with Gasteiger partial charge in [-0.3, -0.25) is 14.7 Å². The van der Waals surface area contributed by atoms with Gasteiger partial charge in [0.15, 0.2) is 5.13 Å². The molecule has 0 aliphatic carbocycles. The number of carbonyl (C=O) groups is 1. The van der Waals surface area contributed by atoms with Crippen LogP contribution in [0.15, 0.2) is 67.0 Å². The van der Waals surface area contributed by atoms with Crippen LogP contribution in [-0.4, -0.2) is 15.9 Å². The molecule has 0 bridgehead atoms. The first-order valence-electron chi connectivity index (χ1n) is 9.69. The highest BCUT2D eigenvalue weighted by Crippen LogP contribution is 2.34. The maximum Gasteiger partial charge on any atom is 0.260 e. The van der Waals surface area contributed by atoms with Gasteiger partial charge in [0, 0.05) is 18.0 Å². The standard InChI is InChI=1S/C24H22ClN3OS/c1-24(2,3)18-11-9-17(10-12-18)22(29)28(15-16-6-5-13-26-14-16)23-27-21-19(25)7-4-8-20(21)30-23/h4-14H,15H2,1-3H3. The normalized spacial score (nSPS) is 11.6. The number of nitrogens with zero attached hydrogens (tertiary/aromatic N) is 3. The highest BCUT2D eigenvalue weighted by Gasteiger charge is 2.23. The molecule has 0 fully saturated rings. The molecule has 4 nitrogen and oxygen atoms in total. The van der Waals surface area contributed by atoms with Crippen LogP contribution >= 0.6 is 22.9 Å². The van der Waals surface area contributed by atoms with Gasteiger partial charge in [-0.15, -0.1) is 0 Å². The summed E-state index contributed by atoms with van der Waals surface area (Å²) in [6.07, 6.45) is 3.49. The molecular weight excluding hydrogens is 414 g/mol. The summed E-state index contributed by atoms with van der Waals surface area (Å²) < 4.78 is 0.949. The molecule has 30 heavy (non-hydrogen) atoms. The highest BCUT2D eigenvalue weighted by atomic mass is 35.5. The third-order valence-corrected chi connectivity index (χ3v) is 6.24. The van der Waals surface area contributed by atoms with Crippen molar-refractivity contribution in [1.82, 2.24) is 9.97 Å². The summed E-state index contributed by atoms with van der Waals surface area (Å²) in [5, 5.41) is 1.20. The Morgan fingerprint density at radius 3 is 2.47 bits per heavy atom. The number of thiazole rings is 1. The van der Waals surface area contributed by atoms with E-state index in [-0.39, 0.29) is 11.3 Å². The smallest absolute Gasteiger partial charge is 0.260 e. The minimum atomic E-state index is -0.102. The largest absolute Gasteiger partial charge is 0.279 e. The summed E-state index contributed by atoms with van der Waals surface area (Å²) in [7, 11) is 0. The van der Waals surface area contributed by atoms with Crippen molar-refractivity contribution in [2.24, 2.45) is 0 Å². The molecule has 0 aliphatic rings. The maximum atomic E-state index is 13.5. The minimum absolute atomic E-state index is 0.0285. The summed E-state index contributed by atoms with van der Waals surface area (Å²) in [5.74, 6) is -0.102. The second kappa shape index (κ2) is 8.17. The molecule has 6 heteroatoms. The molecule has 0 unspecified atom stereocenters.